The number of benzene rings is 1. The minimum atomic E-state index is 0.542. The molecule has 1 aromatic carbocycles. The molecule has 0 amide bonds. The van der Waals surface area contributed by atoms with Crippen LogP contribution in [0.15, 0.2) is 22.7 Å². The predicted octanol–water partition coefficient (Wildman–Crippen LogP) is 5.75. The molecule has 1 nitrogen and oxygen atoms in total. The molecule has 0 atom stereocenters. The van der Waals surface area contributed by atoms with Crippen molar-refractivity contribution in [1.82, 2.24) is 0 Å². The van der Waals surface area contributed by atoms with Crippen LogP contribution in [0.1, 0.15) is 45.6 Å². The maximum absolute atomic E-state index is 3.59. The summed E-state index contributed by atoms with van der Waals surface area (Å²) in [6.45, 7) is 7.94. The Morgan fingerprint density at radius 2 is 1.94 bits per heavy atom. The summed E-state index contributed by atoms with van der Waals surface area (Å²) >= 11 is 7.14. The third kappa shape index (κ3) is 4.58. The molecular formula is C15H23Br2N. The van der Waals surface area contributed by atoms with Crippen LogP contribution in [0.4, 0.5) is 5.69 Å². The highest BCUT2D eigenvalue weighted by atomic mass is 79.9. The lowest BCUT2D eigenvalue weighted by Crippen LogP contribution is -2.32. The Hall–Kier alpha value is -0.0200. The van der Waals surface area contributed by atoms with Crippen LogP contribution in [0.3, 0.4) is 0 Å². The lowest BCUT2D eigenvalue weighted by atomic mass is 10.1. The number of anilines is 1. The minimum absolute atomic E-state index is 0.542. The molecule has 0 N–H and O–H groups in total. The summed E-state index contributed by atoms with van der Waals surface area (Å²) in [6, 6.07) is 7.11. The Morgan fingerprint density at radius 3 is 2.50 bits per heavy atom. The Labute approximate surface area is 128 Å². The van der Waals surface area contributed by atoms with Crippen LogP contribution in [-0.2, 0) is 5.33 Å². The highest BCUT2D eigenvalue weighted by Gasteiger charge is 2.13. The summed E-state index contributed by atoms with van der Waals surface area (Å²) in [6.07, 6.45) is 3.85. The van der Waals surface area contributed by atoms with Gasteiger partial charge in [-0.2, -0.15) is 0 Å². The second-order valence-corrected chi connectivity index (χ2v) is 6.38. The molecule has 0 aromatic heterocycles. The van der Waals surface area contributed by atoms with E-state index in [-0.39, 0.29) is 0 Å². The molecule has 0 bridgehead atoms. The molecular weight excluding hydrogens is 354 g/mol. The van der Waals surface area contributed by atoms with Gasteiger partial charge in [-0.25, -0.2) is 0 Å². The van der Waals surface area contributed by atoms with Crippen LogP contribution >= 0.6 is 31.9 Å². The summed E-state index contributed by atoms with van der Waals surface area (Å²) in [4.78, 5) is 2.51. The zero-order chi connectivity index (χ0) is 13.5. The first kappa shape index (κ1) is 16.0. The Morgan fingerprint density at radius 1 is 1.22 bits per heavy atom. The molecule has 0 heterocycles. The number of unbranched alkanes of at least 4 members (excludes halogenated alkanes) is 2. The van der Waals surface area contributed by atoms with Crippen molar-refractivity contribution >= 4 is 37.5 Å². The SMILES string of the molecule is CCCCCN(c1ccc(Br)cc1CBr)C(C)C. The van der Waals surface area contributed by atoms with E-state index in [4.69, 9.17) is 0 Å². The average Bonchev–Trinajstić information content (AvgIpc) is 2.35. The number of alkyl halides is 1. The maximum atomic E-state index is 3.59. The number of hydrogen-bond acceptors (Lipinski definition) is 1. The standard InChI is InChI=1S/C15H23Br2N/c1-4-5-6-9-18(12(2)3)15-8-7-14(17)10-13(15)11-16/h7-8,10,12H,4-6,9,11H2,1-3H3. The van der Waals surface area contributed by atoms with Gasteiger partial charge < -0.3 is 4.90 Å². The van der Waals surface area contributed by atoms with E-state index in [0.29, 0.717) is 6.04 Å². The fourth-order valence-electron chi connectivity index (χ4n) is 2.13. The summed E-state index contributed by atoms with van der Waals surface area (Å²) in [5.74, 6) is 0. The second-order valence-electron chi connectivity index (χ2n) is 4.90. The molecule has 0 aliphatic carbocycles. The molecule has 0 radical (unpaired) electrons. The van der Waals surface area contributed by atoms with Gasteiger partial charge in [-0.1, -0.05) is 51.6 Å². The van der Waals surface area contributed by atoms with E-state index in [1.807, 2.05) is 0 Å². The van der Waals surface area contributed by atoms with Crippen molar-refractivity contribution in [1.29, 1.82) is 0 Å². The van der Waals surface area contributed by atoms with Crippen molar-refractivity contribution in [3.63, 3.8) is 0 Å². The van der Waals surface area contributed by atoms with E-state index >= 15 is 0 Å². The minimum Gasteiger partial charge on any atom is -0.369 e. The summed E-state index contributed by atoms with van der Waals surface area (Å²) in [5, 5.41) is 0.902. The Balaban J connectivity index is 2.90. The smallest absolute Gasteiger partial charge is 0.0410 e. The van der Waals surface area contributed by atoms with E-state index in [9.17, 15) is 0 Å². The van der Waals surface area contributed by atoms with E-state index in [2.05, 4.69) is 75.7 Å². The number of halogens is 2. The van der Waals surface area contributed by atoms with Gasteiger partial charge in [0.2, 0.25) is 0 Å². The number of rotatable bonds is 7. The normalized spacial score (nSPS) is 11.0. The molecule has 0 spiro atoms. The molecule has 1 aromatic rings. The Kier molecular flexibility index (Phi) is 7.31. The van der Waals surface area contributed by atoms with Gasteiger partial charge in [-0.05, 0) is 44.0 Å². The van der Waals surface area contributed by atoms with Gasteiger partial charge in [0, 0.05) is 28.1 Å². The van der Waals surface area contributed by atoms with Crippen LogP contribution in [0.25, 0.3) is 0 Å². The quantitative estimate of drug-likeness (QED) is 0.432. The first-order valence-corrected chi connectivity index (χ1v) is 8.62. The van der Waals surface area contributed by atoms with Crippen molar-refractivity contribution in [2.75, 3.05) is 11.4 Å². The molecule has 18 heavy (non-hydrogen) atoms. The van der Waals surface area contributed by atoms with Crippen molar-refractivity contribution in [3.8, 4) is 0 Å². The first-order chi connectivity index (χ1) is 8.60. The largest absolute Gasteiger partial charge is 0.369 e. The molecule has 0 aliphatic rings. The second kappa shape index (κ2) is 8.21. The monoisotopic (exact) mass is 375 g/mol. The lowest BCUT2D eigenvalue weighted by molar-refractivity contribution is 0.624. The van der Waals surface area contributed by atoms with Crippen LogP contribution < -0.4 is 4.90 Å². The third-order valence-electron chi connectivity index (χ3n) is 3.12. The Bertz CT molecular complexity index is 364. The van der Waals surface area contributed by atoms with Crippen molar-refractivity contribution < 1.29 is 0 Å². The average molecular weight is 377 g/mol. The number of hydrogen-bond donors (Lipinski definition) is 0. The van der Waals surface area contributed by atoms with Gasteiger partial charge in [0.1, 0.15) is 0 Å². The molecule has 0 unspecified atom stereocenters. The molecule has 1 rings (SSSR count). The van der Waals surface area contributed by atoms with E-state index < -0.39 is 0 Å². The van der Waals surface area contributed by atoms with Gasteiger partial charge in [0.25, 0.3) is 0 Å². The molecule has 0 aliphatic heterocycles. The molecule has 102 valence electrons. The van der Waals surface area contributed by atoms with Crippen LogP contribution in [-0.4, -0.2) is 12.6 Å². The molecule has 0 saturated heterocycles. The highest BCUT2D eigenvalue weighted by molar-refractivity contribution is 9.10. The van der Waals surface area contributed by atoms with E-state index in [1.165, 1.54) is 30.5 Å². The number of nitrogens with zero attached hydrogens (tertiary/aromatic N) is 1. The topological polar surface area (TPSA) is 3.24 Å². The van der Waals surface area contributed by atoms with Gasteiger partial charge in [-0.3, -0.25) is 0 Å². The van der Waals surface area contributed by atoms with Crippen LogP contribution in [0, 0.1) is 0 Å². The van der Waals surface area contributed by atoms with E-state index in [0.717, 1.165) is 16.3 Å². The van der Waals surface area contributed by atoms with Crippen molar-refractivity contribution in [2.45, 2.75) is 51.4 Å². The predicted molar refractivity (Wildman–Crippen MR) is 88.8 cm³/mol. The molecule has 0 saturated carbocycles. The summed E-state index contributed by atoms with van der Waals surface area (Å²) in [5.41, 5.74) is 2.72. The van der Waals surface area contributed by atoms with Crippen LogP contribution in [0.2, 0.25) is 0 Å². The van der Waals surface area contributed by atoms with Gasteiger partial charge >= 0.3 is 0 Å². The fraction of sp³-hybridized carbons (Fsp3) is 0.600. The van der Waals surface area contributed by atoms with Crippen LogP contribution in [0.5, 0.6) is 0 Å². The van der Waals surface area contributed by atoms with Crippen molar-refractivity contribution in [3.05, 3.63) is 28.2 Å². The summed E-state index contributed by atoms with van der Waals surface area (Å²) in [7, 11) is 0. The third-order valence-corrected chi connectivity index (χ3v) is 4.22. The highest BCUT2D eigenvalue weighted by Crippen LogP contribution is 2.28. The lowest BCUT2D eigenvalue weighted by Gasteiger charge is -2.31. The van der Waals surface area contributed by atoms with Gasteiger partial charge in [0.05, 0.1) is 0 Å². The molecule has 0 fully saturated rings. The maximum Gasteiger partial charge on any atom is 0.0410 e. The molecule has 3 heteroatoms. The van der Waals surface area contributed by atoms with Gasteiger partial charge in [-0.15, -0.1) is 0 Å². The summed E-state index contributed by atoms with van der Waals surface area (Å²) < 4.78 is 1.15. The zero-order valence-electron chi connectivity index (χ0n) is 11.5. The fourth-order valence-corrected chi connectivity index (χ4v) is 2.99. The first-order valence-electron chi connectivity index (χ1n) is 6.71. The van der Waals surface area contributed by atoms with E-state index in [1.54, 1.807) is 0 Å². The van der Waals surface area contributed by atoms with Crippen molar-refractivity contribution in [2.24, 2.45) is 0 Å². The van der Waals surface area contributed by atoms with Gasteiger partial charge in [0.15, 0.2) is 0 Å². The zero-order valence-corrected chi connectivity index (χ0v) is 14.7.